The molecule has 0 aliphatic heterocycles. The second kappa shape index (κ2) is 7.29. The van der Waals surface area contributed by atoms with E-state index in [1.165, 1.54) is 12.0 Å². The highest BCUT2D eigenvalue weighted by Gasteiger charge is 2.00. The summed E-state index contributed by atoms with van der Waals surface area (Å²) in [7, 11) is 0. The fourth-order valence-electron chi connectivity index (χ4n) is 1.74. The van der Waals surface area contributed by atoms with Crippen LogP contribution in [0.15, 0.2) is 24.3 Å². The van der Waals surface area contributed by atoms with Crippen LogP contribution in [0.25, 0.3) is 0 Å². The standard InChI is InChI=1S/C14H23NO/c1-4-9-15(5-2)10-11-16-14-8-6-7-13(3)12-14/h6-8,12H,4-5,9-11H2,1-3H3. The summed E-state index contributed by atoms with van der Waals surface area (Å²) in [5.74, 6) is 0.979. The number of nitrogens with zero attached hydrogens (tertiary/aromatic N) is 1. The van der Waals surface area contributed by atoms with Crippen LogP contribution in [0.1, 0.15) is 25.8 Å². The molecule has 0 unspecified atom stereocenters. The monoisotopic (exact) mass is 221 g/mol. The van der Waals surface area contributed by atoms with Gasteiger partial charge in [0.25, 0.3) is 0 Å². The van der Waals surface area contributed by atoms with Gasteiger partial charge >= 0.3 is 0 Å². The highest BCUT2D eigenvalue weighted by atomic mass is 16.5. The number of ether oxygens (including phenoxy) is 1. The minimum absolute atomic E-state index is 0.775. The van der Waals surface area contributed by atoms with Gasteiger partial charge < -0.3 is 9.64 Å². The van der Waals surface area contributed by atoms with Gasteiger partial charge in [-0.3, -0.25) is 0 Å². The van der Waals surface area contributed by atoms with Crippen molar-refractivity contribution in [3.05, 3.63) is 29.8 Å². The molecule has 2 nitrogen and oxygen atoms in total. The van der Waals surface area contributed by atoms with E-state index >= 15 is 0 Å². The highest BCUT2D eigenvalue weighted by molar-refractivity contribution is 5.27. The third-order valence-electron chi connectivity index (χ3n) is 2.65. The Hall–Kier alpha value is -1.02. The van der Waals surface area contributed by atoms with Gasteiger partial charge in [-0.25, -0.2) is 0 Å². The van der Waals surface area contributed by atoms with E-state index in [1.807, 2.05) is 12.1 Å². The Morgan fingerprint density at radius 3 is 2.62 bits per heavy atom. The molecule has 90 valence electrons. The minimum Gasteiger partial charge on any atom is -0.492 e. The molecule has 0 saturated heterocycles. The zero-order valence-electron chi connectivity index (χ0n) is 10.7. The van der Waals surface area contributed by atoms with E-state index in [-0.39, 0.29) is 0 Å². The lowest BCUT2D eigenvalue weighted by Gasteiger charge is -2.19. The summed E-state index contributed by atoms with van der Waals surface area (Å²) >= 11 is 0. The number of hydrogen-bond donors (Lipinski definition) is 0. The predicted octanol–water partition coefficient (Wildman–Crippen LogP) is 3.11. The lowest BCUT2D eigenvalue weighted by Crippen LogP contribution is -2.28. The molecule has 16 heavy (non-hydrogen) atoms. The maximum atomic E-state index is 5.72. The van der Waals surface area contributed by atoms with Gasteiger partial charge in [-0.05, 0) is 44.1 Å². The summed E-state index contributed by atoms with van der Waals surface area (Å²) in [6, 6.07) is 8.22. The first-order valence-electron chi connectivity index (χ1n) is 6.18. The average molecular weight is 221 g/mol. The SMILES string of the molecule is CCCN(CC)CCOc1cccc(C)c1. The zero-order valence-corrected chi connectivity index (χ0v) is 10.7. The lowest BCUT2D eigenvalue weighted by atomic mass is 10.2. The van der Waals surface area contributed by atoms with Crippen LogP contribution in [0.5, 0.6) is 5.75 Å². The van der Waals surface area contributed by atoms with E-state index < -0.39 is 0 Å². The second-order valence-corrected chi connectivity index (χ2v) is 4.10. The fraction of sp³-hybridized carbons (Fsp3) is 0.571. The Balaban J connectivity index is 2.29. The molecule has 0 heterocycles. The molecule has 0 fully saturated rings. The first-order valence-corrected chi connectivity index (χ1v) is 6.18. The van der Waals surface area contributed by atoms with Crippen LogP contribution in [0.2, 0.25) is 0 Å². The molecule has 0 N–H and O–H groups in total. The molecule has 0 aliphatic carbocycles. The molecule has 1 aromatic carbocycles. The minimum atomic E-state index is 0.775. The quantitative estimate of drug-likeness (QED) is 0.701. The predicted molar refractivity (Wildman–Crippen MR) is 69.1 cm³/mol. The van der Waals surface area contributed by atoms with Crippen LogP contribution in [0.4, 0.5) is 0 Å². The molecule has 0 aromatic heterocycles. The van der Waals surface area contributed by atoms with E-state index in [2.05, 4.69) is 37.8 Å². The smallest absolute Gasteiger partial charge is 0.119 e. The van der Waals surface area contributed by atoms with Crippen molar-refractivity contribution in [2.45, 2.75) is 27.2 Å². The van der Waals surface area contributed by atoms with Crippen LogP contribution in [0, 0.1) is 6.92 Å². The van der Waals surface area contributed by atoms with Gasteiger partial charge in [0.05, 0.1) is 0 Å². The van der Waals surface area contributed by atoms with Gasteiger partial charge in [0.2, 0.25) is 0 Å². The van der Waals surface area contributed by atoms with Crippen molar-refractivity contribution < 1.29 is 4.74 Å². The van der Waals surface area contributed by atoms with E-state index in [0.717, 1.165) is 32.0 Å². The van der Waals surface area contributed by atoms with E-state index in [1.54, 1.807) is 0 Å². The maximum absolute atomic E-state index is 5.72. The second-order valence-electron chi connectivity index (χ2n) is 4.10. The van der Waals surface area contributed by atoms with Crippen molar-refractivity contribution in [3.63, 3.8) is 0 Å². The number of benzene rings is 1. The lowest BCUT2D eigenvalue weighted by molar-refractivity contribution is 0.216. The highest BCUT2D eigenvalue weighted by Crippen LogP contribution is 2.12. The summed E-state index contributed by atoms with van der Waals surface area (Å²) < 4.78 is 5.72. The molecule has 2 heteroatoms. The van der Waals surface area contributed by atoms with Crippen molar-refractivity contribution >= 4 is 0 Å². The number of likely N-dealkylation sites (N-methyl/N-ethyl adjacent to an activating group) is 1. The first-order chi connectivity index (χ1) is 7.76. The molecule has 0 radical (unpaired) electrons. The molecule has 0 bridgehead atoms. The van der Waals surface area contributed by atoms with Crippen LogP contribution in [-0.2, 0) is 0 Å². The summed E-state index contributed by atoms with van der Waals surface area (Å²) in [5.41, 5.74) is 1.25. The van der Waals surface area contributed by atoms with E-state index in [0.29, 0.717) is 0 Å². The number of hydrogen-bond acceptors (Lipinski definition) is 2. The third kappa shape index (κ3) is 4.67. The van der Waals surface area contributed by atoms with Gasteiger partial charge in [0.15, 0.2) is 0 Å². The zero-order chi connectivity index (χ0) is 11.8. The maximum Gasteiger partial charge on any atom is 0.119 e. The van der Waals surface area contributed by atoms with E-state index in [4.69, 9.17) is 4.74 Å². The molecule has 1 aromatic rings. The van der Waals surface area contributed by atoms with Gasteiger partial charge in [-0.1, -0.05) is 26.0 Å². The van der Waals surface area contributed by atoms with Crippen LogP contribution in [0.3, 0.4) is 0 Å². The Morgan fingerprint density at radius 2 is 2.00 bits per heavy atom. The third-order valence-corrected chi connectivity index (χ3v) is 2.65. The van der Waals surface area contributed by atoms with Gasteiger partial charge in [-0.15, -0.1) is 0 Å². The molecule has 0 amide bonds. The van der Waals surface area contributed by atoms with Gasteiger partial charge in [0, 0.05) is 6.54 Å². The molecule has 0 atom stereocenters. The van der Waals surface area contributed by atoms with Crippen LogP contribution >= 0.6 is 0 Å². The Morgan fingerprint density at radius 1 is 1.19 bits per heavy atom. The van der Waals surface area contributed by atoms with Crippen molar-refractivity contribution in [1.29, 1.82) is 0 Å². The number of rotatable bonds is 7. The summed E-state index contributed by atoms with van der Waals surface area (Å²) in [5, 5.41) is 0. The molecule has 0 spiro atoms. The largest absolute Gasteiger partial charge is 0.492 e. The first kappa shape index (κ1) is 13.0. The average Bonchev–Trinajstić information content (AvgIpc) is 2.28. The normalized spacial score (nSPS) is 10.8. The van der Waals surface area contributed by atoms with Crippen molar-refractivity contribution in [2.75, 3.05) is 26.2 Å². The van der Waals surface area contributed by atoms with E-state index in [9.17, 15) is 0 Å². The topological polar surface area (TPSA) is 12.5 Å². The van der Waals surface area contributed by atoms with Crippen molar-refractivity contribution in [1.82, 2.24) is 4.90 Å². The molecule has 0 saturated carbocycles. The van der Waals surface area contributed by atoms with Gasteiger partial charge in [0.1, 0.15) is 12.4 Å². The molecule has 0 aliphatic rings. The Bertz CT molecular complexity index is 299. The Kier molecular flexibility index (Phi) is 5.94. The Labute approximate surface area is 99.2 Å². The van der Waals surface area contributed by atoms with Crippen molar-refractivity contribution in [3.8, 4) is 5.75 Å². The summed E-state index contributed by atoms with van der Waals surface area (Å²) in [6.07, 6.45) is 1.21. The molecular formula is C14H23NO. The van der Waals surface area contributed by atoms with Crippen LogP contribution in [-0.4, -0.2) is 31.1 Å². The summed E-state index contributed by atoms with van der Waals surface area (Å²) in [4.78, 5) is 2.41. The summed E-state index contributed by atoms with van der Waals surface area (Å²) in [6.45, 7) is 10.5. The number of aryl methyl sites for hydroxylation is 1. The van der Waals surface area contributed by atoms with Gasteiger partial charge in [-0.2, -0.15) is 0 Å². The molecule has 1 rings (SSSR count). The van der Waals surface area contributed by atoms with Crippen LogP contribution < -0.4 is 4.74 Å². The fourth-order valence-corrected chi connectivity index (χ4v) is 1.74. The van der Waals surface area contributed by atoms with Crippen molar-refractivity contribution in [2.24, 2.45) is 0 Å². The molecular weight excluding hydrogens is 198 g/mol.